The zero-order valence-electron chi connectivity index (χ0n) is 12.7. The highest BCUT2D eigenvalue weighted by Crippen LogP contribution is 2.59. The molecule has 2 rings (SSSR count). The van der Waals surface area contributed by atoms with Crippen molar-refractivity contribution in [1.82, 2.24) is 4.98 Å². The molecule has 5 nitrogen and oxygen atoms in total. The fourth-order valence-electron chi connectivity index (χ4n) is 2.08. The number of nitrogens with zero attached hydrogens (tertiary/aromatic N) is 1. The second-order valence-electron chi connectivity index (χ2n) is 4.59. The standard InChI is InChI=1S/C16H20NO4P/c1-3-20-22(19,21-4-2)16(18)14-10-8-13(9-11-14)15-7-5-6-12-17-15/h5-12,16,18H,3-4H2,1-2H3. The van der Waals surface area contributed by atoms with E-state index >= 15 is 0 Å². The molecule has 0 radical (unpaired) electrons. The van der Waals surface area contributed by atoms with Gasteiger partial charge in [0.25, 0.3) is 0 Å². The van der Waals surface area contributed by atoms with E-state index in [1.807, 2.05) is 30.3 Å². The van der Waals surface area contributed by atoms with Gasteiger partial charge in [-0.15, -0.1) is 0 Å². The summed E-state index contributed by atoms with van der Waals surface area (Å²) in [6, 6.07) is 12.7. The molecule has 0 fully saturated rings. The first-order valence-corrected chi connectivity index (χ1v) is 8.80. The van der Waals surface area contributed by atoms with Gasteiger partial charge in [-0.2, -0.15) is 0 Å². The summed E-state index contributed by atoms with van der Waals surface area (Å²) in [5.41, 5.74) is 2.24. The minimum Gasteiger partial charge on any atom is -0.376 e. The number of rotatable bonds is 7. The van der Waals surface area contributed by atoms with Crippen LogP contribution >= 0.6 is 7.60 Å². The van der Waals surface area contributed by atoms with E-state index in [0.717, 1.165) is 11.3 Å². The molecule has 0 aliphatic heterocycles. The van der Waals surface area contributed by atoms with E-state index in [1.54, 1.807) is 32.2 Å². The van der Waals surface area contributed by atoms with Crippen molar-refractivity contribution in [2.24, 2.45) is 0 Å². The average molecular weight is 321 g/mol. The van der Waals surface area contributed by atoms with Crippen LogP contribution in [0.3, 0.4) is 0 Å². The van der Waals surface area contributed by atoms with Crippen LogP contribution in [0.5, 0.6) is 0 Å². The van der Waals surface area contributed by atoms with Crippen molar-refractivity contribution in [1.29, 1.82) is 0 Å². The Hall–Kier alpha value is -1.52. The summed E-state index contributed by atoms with van der Waals surface area (Å²) in [6.07, 6.45) is 1.72. The SMILES string of the molecule is CCOP(=O)(OCC)C(O)c1ccc(-c2ccccn2)cc1. The van der Waals surface area contributed by atoms with Crippen molar-refractivity contribution in [2.45, 2.75) is 19.7 Å². The highest BCUT2D eigenvalue weighted by atomic mass is 31.2. The quantitative estimate of drug-likeness (QED) is 0.780. The summed E-state index contributed by atoms with van der Waals surface area (Å²) in [5.74, 6) is -1.30. The highest BCUT2D eigenvalue weighted by molar-refractivity contribution is 7.54. The van der Waals surface area contributed by atoms with E-state index in [0.29, 0.717) is 5.56 Å². The molecule has 0 amide bonds. The normalized spacial score (nSPS) is 13.0. The predicted molar refractivity (Wildman–Crippen MR) is 85.5 cm³/mol. The van der Waals surface area contributed by atoms with E-state index in [9.17, 15) is 9.67 Å². The zero-order valence-corrected chi connectivity index (χ0v) is 13.6. The maximum atomic E-state index is 12.6. The van der Waals surface area contributed by atoms with Crippen LogP contribution in [0.25, 0.3) is 11.3 Å². The lowest BCUT2D eigenvalue weighted by Crippen LogP contribution is -2.06. The third-order valence-electron chi connectivity index (χ3n) is 3.09. The Bertz CT molecular complexity index is 620. The summed E-state index contributed by atoms with van der Waals surface area (Å²) >= 11 is 0. The Morgan fingerprint density at radius 3 is 2.23 bits per heavy atom. The smallest absolute Gasteiger partial charge is 0.363 e. The van der Waals surface area contributed by atoms with Gasteiger partial charge in [0.15, 0.2) is 5.85 Å². The highest BCUT2D eigenvalue weighted by Gasteiger charge is 2.35. The zero-order chi connectivity index (χ0) is 16.0. The number of aliphatic hydroxyl groups excluding tert-OH is 1. The van der Waals surface area contributed by atoms with Crippen molar-refractivity contribution < 1.29 is 18.7 Å². The Morgan fingerprint density at radius 2 is 1.73 bits per heavy atom. The first kappa shape index (κ1) is 16.8. The number of aromatic nitrogens is 1. The Kier molecular flexibility index (Phi) is 5.86. The second kappa shape index (κ2) is 7.65. The minimum atomic E-state index is -3.58. The van der Waals surface area contributed by atoms with Crippen LogP contribution in [0.1, 0.15) is 25.3 Å². The third kappa shape index (κ3) is 3.81. The van der Waals surface area contributed by atoms with Crippen molar-refractivity contribution in [3.05, 3.63) is 54.2 Å². The van der Waals surface area contributed by atoms with E-state index < -0.39 is 13.4 Å². The van der Waals surface area contributed by atoms with Gasteiger partial charge in [-0.05, 0) is 31.5 Å². The minimum absolute atomic E-state index is 0.209. The van der Waals surface area contributed by atoms with Crippen LogP contribution in [-0.4, -0.2) is 23.3 Å². The van der Waals surface area contributed by atoms with E-state index in [4.69, 9.17) is 9.05 Å². The summed E-state index contributed by atoms with van der Waals surface area (Å²) in [7, 11) is -3.58. The van der Waals surface area contributed by atoms with Crippen LogP contribution in [0.15, 0.2) is 48.7 Å². The van der Waals surface area contributed by atoms with Crippen LogP contribution in [-0.2, 0) is 13.6 Å². The molecule has 1 heterocycles. The van der Waals surface area contributed by atoms with E-state index in [2.05, 4.69) is 4.98 Å². The molecule has 1 atom stereocenters. The molecule has 0 aliphatic carbocycles. The summed E-state index contributed by atoms with van der Waals surface area (Å²) < 4.78 is 22.9. The van der Waals surface area contributed by atoms with Crippen LogP contribution < -0.4 is 0 Å². The van der Waals surface area contributed by atoms with Crippen molar-refractivity contribution in [3.8, 4) is 11.3 Å². The van der Waals surface area contributed by atoms with Gasteiger partial charge in [-0.25, -0.2) is 0 Å². The third-order valence-corrected chi connectivity index (χ3v) is 5.22. The molecule has 1 aromatic heterocycles. The Morgan fingerprint density at radius 1 is 1.09 bits per heavy atom. The van der Waals surface area contributed by atoms with Gasteiger partial charge in [0.1, 0.15) is 0 Å². The van der Waals surface area contributed by atoms with Gasteiger partial charge in [-0.3, -0.25) is 9.55 Å². The fourth-order valence-corrected chi connectivity index (χ4v) is 3.69. The molecule has 0 saturated carbocycles. The number of benzene rings is 1. The molecular formula is C16H20NO4P. The second-order valence-corrected chi connectivity index (χ2v) is 6.67. The molecule has 1 unspecified atom stereocenters. The van der Waals surface area contributed by atoms with Gasteiger partial charge in [0.05, 0.1) is 18.9 Å². The lowest BCUT2D eigenvalue weighted by molar-refractivity contribution is 0.150. The molecule has 118 valence electrons. The monoisotopic (exact) mass is 321 g/mol. The predicted octanol–water partition coefficient (Wildman–Crippen LogP) is 4.01. The molecule has 0 spiro atoms. The maximum absolute atomic E-state index is 12.6. The molecule has 6 heteroatoms. The first-order chi connectivity index (χ1) is 10.6. The molecule has 2 aromatic rings. The van der Waals surface area contributed by atoms with E-state index in [1.165, 1.54) is 0 Å². The van der Waals surface area contributed by atoms with Crippen molar-refractivity contribution >= 4 is 7.60 Å². The molecule has 0 bridgehead atoms. The Balaban J connectivity index is 2.24. The number of hydrogen-bond acceptors (Lipinski definition) is 5. The summed E-state index contributed by atoms with van der Waals surface area (Å²) in [5, 5.41) is 10.3. The van der Waals surface area contributed by atoms with Crippen LogP contribution in [0.4, 0.5) is 0 Å². The summed E-state index contributed by atoms with van der Waals surface area (Å²) in [6.45, 7) is 3.84. The van der Waals surface area contributed by atoms with Gasteiger partial charge >= 0.3 is 7.60 Å². The average Bonchev–Trinajstić information content (AvgIpc) is 2.55. The van der Waals surface area contributed by atoms with Crippen LogP contribution in [0.2, 0.25) is 0 Å². The molecule has 1 N–H and O–H groups in total. The lowest BCUT2D eigenvalue weighted by atomic mass is 10.1. The number of pyridine rings is 1. The first-order valence-electron chi connectivity index (χ1n) is 7.19. The molecule has 1 aromatic carbocycles. The van der Waals surface area contributed by atoms with Crippen molar-refractivity contribution in [3.63, 3.8) is 0 Å². The van der Waals surface area contributed by atoms with Gasteiger partial charge in [-0.1, -0.05) is 30.3 Å². The number of hydrogen-bond donors (Lipinski definition) is 1. The molecule has 0 aliphatic rings. The van der Waals surface area contributed by atoms with Gasteiger partial charge in [0.2, 0.25) is 0 Å². The molecular weight excluding hydrogens is 301 g/mol. The van der Waals surface area contributed by atoms with Gasteiger partial charge < -0.3 is 14.2 Å². The van der Waals surface area contributed by atoms with Gasteiger partial charge in [0, 0.05) is 11.8 Å². The molecule has 22 heavy (non-hydrogen) atoms. The number of aliphatic hydroxyl groups is 1. The fraction of sp³-hybridized carbons (Fsp3) is 0.312. The maximum Gasteiger partial charge on any atom is 0.363 e. The lowest BCUT2D eigenvalue weighted by Gasteiger charge is -2.22. The van der Waals surface area contributed by atoms with Crippen LogP contribution in [0, 0.1) is 0 Å². The summed E-state index contributed by atoms with van der Waals surface area (Å²) in [4.78, 5) is 4.26. The van der Waals surface area contributed by atoms with Crippen molar-refractivity contribution in [2.75, 3.05) is 13.2 Å². The molecule has 0 saturated heterocycles. The van der Waals surface area contributed by atoms with E-state index in [-0.39, 0.29) is 13.2 Å². The Labute approximate surface area is 130 Å². The largest absolute Gasteiger partial charge is 0.376 e. The topological polar surface area (TPSA) is 68.7 Å².